The molecule has 0 radical (unpaired) electrons. The van der Waals surface area contributed by atoms with Crippen molar-refractivity contribution in [3.63, 3.8) is 0 Å². The number of halogens is 2. The van der Waals surface area contributed by atoms with Crippen LogP contribution in [0.1, 0.15) is 17.3 Å². The molecule has 0 bridgehead atoms. The molecule has 2 aromatic carbocycles. The lowest BCUT2D eigenvalue weighted by Crippen LogP contribution is -2.30. The smallest absolute Gasteiger partial charge is 0.338 e. The van der Waals surface area contributed by atoms with Gasteiger partial charge in [0.05, 0.1) is 27.7 Å². The quantitative estimate of drug-likeness (QED) is 0.717. The topological polar surface area (TPSA) is 84.5 Å². The normalized spacial score (nSPS) is 14.0. The van der Waals surface area contributed by atoms with Crippen molar-refractivity contribution in [3.8, 4) is 0 Å². The predicted octanol–water partition coefficient (Wildman–Crippen LogP) is 4.22. The Labute approximate surface area is 169 Å². The van der Waals surface area contributed by atoms with Crippen LogP contribution in [0.3, 0.4) is 0 Å². The molecule has 1 heterocycles. The second-order valence-corrected chi connectivity index (χ2v) is 7.57. The lowest BCUT2D eigenvalue weighted by molar-refractivity contribution is -0.123. The summed E-state index contributed by atoms with van der Waals surface area (Å²) in [6, 6.07) is 9.48. The molecule has 2 aromatic rings. The van der Waals surface area contributed by atoms with Gasteiger partial charge in [0.25, 0.3) is 5.91 Å². The van der Waals surface area contributed by atoms with E-state index in [2.05, 4.69) is 10.6 Å². The van der Waals surface area contributed by atoms with E-state index in [1.165, 1.54) is 30.8 Å². The Balaban J connectivity index is 1.65. The number of hydrogen-bond acceptors (Lipinski definition) is 5. The summed E-state index contributed by atoms with van der Waals surface area (Å²) < 4.78 is 5.21. The maximum absolute atomic E-state index is 12.3. The van der Waals surface area contributed by atoms with Gasteiger partial charge in [0, 0.05) is 9.92 Å². The molecule has 1 atom stereocenters. The zero-order chi connectivity index (χ0) is 19.6. The number of carbonyl (C=O) groups is 3. The average Bonchev–Trinajstić information content (AvgIpc) is 2.63. The van der Waals surface area contributed by atoms with Crippen LogP contribution >= 0.6 is 35.0 Å². The second-order valence-electron chi connectivity index (χ2n) is 5.71. The van der Waals surface area contributed by atoms with Gasteiger partial charge in [0.1, 0.15) is 0 Å². The molecule has 0 aromatic heterocycles. The summed E-state index contributed by atoms with van der Waals surface area (Å²) in [5.74, 6) is -1.01. The average molecular weight is 425 g/mol. The highest BCUT2D eigenvalue weighted by Crippen LogP contribution is 2.32. The van der Waals surface area contributed by atoms with Crippen LogP contribution in [0, 0.1) is 0 Å². The number of esters is 1. The maximum Gasteiger partial charge on any atom is 0.338 e. The second kappa shape index (κ2) is 8.21. The Kier molecular flexibility index (Phi) is 5.94. The van der Waals surface area contributed by atoms with Gasteiger partial charge in [-0.2, -0.15) is 0 Å². The first-order chi connectivity index (χ1) is 12.8. The lowest BCUT2D eigenvalue weighted by atomic mass is 10.2. The third-order valence-corrected chi connectivity index (χ3v) is 5.31. The van der Waals surface area contributed by atoms with E-state index in [-0.39, 0.29) is 16.5 Å². The summed E-state index contributed by atoms with van der Waals surface area (Å²) in [6.45, 7) is 1.45. The van der Waals surface area contributed by atoms with Gasteiger partial charge in [-0.1, -0.05) is 23.2 Å². The number of anilines is 2. The van der Waals surface area contributed by atoms with E-state index in [9.17, 15) is 14.4 Å². The summed E-state index contributed by atoms with van der Waals surface area (Å²) >= 11 is 13.2. The van der Waals surface area contributed by atoms with Crippen molar-refractivity contribution in [3.05, 3.63) is 52.0 Å². The van der Waals surface area contributed by atoms with Crippen molar-refractivity contribution in [1.29, 1.82) is 0 Å². The van der Waals surface area contributed by atoms with E-state index < -0.39 is 18.0 Å². The molecule has 0 fully saturated rings. The largest absolute Gasteiger partial charge is 0.449 e. The SMILES string of the molecule is CC(OC(=O)c1ccc2c(c1)NC(=O)CS2)C(=O)Nc1ccc(Cl)cc1Cl. The highest BCUT2D eigenvalue weighted by molar-refractivity contribution is 8.00. The molecule has 0 aliphatic carbocycles. The fraction of sp³-hybridized carbons (Fsp3) is 0.167. The molecule has 0 saturated carbocycles. The van der Waals surface area contributed by atoms with Gasteiger partial charge in [-0.15, -0.1) is 11.8 Å². The summed E-state index contributed by atoms with van der Waals surface area (Å²) in [7, 11) is 0. The van der Waals surface area contributed by atoms with Crippen molar-refractivity contribution in [2.24, 2.45) is 0 Å². The number of rotatable bonds is 4. The summed E-state index contributed by atoms with van der Waals surface area (Å²) in [5, 5.41) is 6.00. The number of nitrogens with one attached hydrogen (secondary N) is 2. The Morgan fingerprint density at radius 1 is 1.22 bits per heavy atom. The molecule has 6 nitrogen and oxygen atoms in total. The molecule has 3 rings (SSSR count). The molecule has 0 spiro atoms. The van der Waals surface area contributed by atoms with Gasteiger partial charge in [-0.3, -0.25) is 9.59 Å². The molecule has 1 aliphatic heterocycles. The van der Waals surface area contributed by atoms with Crippen LogP contribution in [0.15, 0.2) is 41.3 Å². The minimum Gasteiger partial charge on any atom is -0.449 e. The Morgan fingerprint density at radius 3 is 2.74 bits per heavy atom. The Hall–Kier alpha value is -2.22. The monoisotopic (exact) mass is 424 g/mol. The number of hydrogen-bond donors (Lipinski definition) is 2. The number of ether oxygens (including phenoxy) is 1. The lowest BCUT2D eigenvalue weighted by Gasteiger charge is -2.18. The van der Waals surface area contributed by atoms with Gasteiger partial charge in [0.15, 0.2) is 6.10 Å². The maximum atomic E-state index is 12.3. The first-order valence-electron chi connectivity index (χ1n) is 7.87. The molecule has 9 heteroatoms. The third-order valence-electron chi connectivity index (χ3n) is 3.69. The number of amides is 2. The molecule has 1 aliphatic rings. The van der Waals surface area contributed by atoms with E-state index >= 15 is 0 Å². The van der Waals surface area contributed by atoms with Crippen molar-refractivity contribution >= 4 is 64.1 Å². The van der Waals surface area contributed by atoms with Crippen LogP contribution in [-0.4, -0.2) is 29.6 Å². The van der Waals surface area contributed by atoms with Crippen LogP contribution < -0.4 is 10.6 Å². The zero-order valence-electron chi connectivity index (χ0n) is 14.0. The summed E-state index contributed by atoms with van der Waals surface area (Å²) in [6.07, 6.45) is -1.05. The predicted molar refractivity (Wildman–Crippen MR) is 106 cm³/mol. The fourth-order valence-corrected chi connectivity index (χ4v) is 3.56. The van der Waals surface area contributed by atoms with E-state index in [0.29, 0.717) is 22.2 Å². The van der Waals surface area contributed by atoms with Crippen molar-refractivity contribution in [2.75, 3.05) is 16.4 Å². The van der Waals surface area contributed by atoms with Gasteiger partial charge in [-0.05, 0) is 43.3 Å². The Bertz CT molecular complexity index is 936. The molecule has 1 unspecified atom stereocenters. The van der Waals surface area contributed by atoms with Gasteiger partial charge < -0.3 is 15.4 Å². The van der Waals surface area contributed by atoms with Gasteiger partial charge in [-0.25, -0.2) is 4.79 Å². The molecule has 140 valence electrons. The molecule has 2 N–H and O–H groups in total. The first kappa shape index (κ1) is 19.5. The van der Waals surface area contributed by atoms with E-state index in [0.717, 1.165) is 4.90 Å². The summed E-state index contributed by atoms with van der Waals surface area (Å²) in [5.41, 5.74) is 1.15. The standard InChI is InChI=1S/C18H14Cl2N2O4S/c1-9(17(24)22-13-4-3-11(19)7-12(13)20)26-18(25)10-2-5-15-14(6-10)21-16(23)8-27-15/h2-7,9H,8H2,1H3,(H,21,23)(H,22,24). The van der Waals surface area contributed by atoms with Crippen LogP contribution in [-0.2, 0) is 14.3 Å². The van der Waals surface area contributed by atoms with Crippen LogP contribution in [0.4, 0.5) is 11.4 Å². The minimum atomic E-state index is -1.05. The summed E-state index contributed by atoms with van der Waals surface area (Å²) in [4.78, 5) is 36.9. The third kappa shape index (κ3) is 4.74. The van der Waals surface area contributed by atoms with Crippen molar-refractivity contribution < 1.29 is 19.1 Å². The van der Waals surface area contributed by atoms with Gasteiger partial charge in [0.2, 0.25) is 5.91 Å². The van der Waals surface area contributed by atoms with Crippen LogP contribution in [0.25, 0.3) is 0 Å². The Morgan fingerprint density at radius 2 is 2.00 bits per heavy atom. The van der Waals surface area contributed by atoms with Crippen molar-refractivity contribution in [2.45, 2.75) is 17.9 Å². The van der Waals surface area contributed by atoms with Crippen LogP contribution in [0.5, 0.6) is 0 Å². The van der Waals surface area contributed by atoms with Gasteiger partial charge >= 0.3 is 5.97 Å². The molecule has 2 amide bonds. The zero-order valence-corrected chi connectivity index (χ0v) is 16.4. The van der Waals surface area contributed by atoms with E-state index in [1.807, 2.05) is 0 Å². The number of thioether (sulfide) groups is 1. The number of benzene rings is 2. The van der Waals surface area contributed by atoms with Crippen molar-refractivity contribution in [1.82, 2.24) is 0 Å². The first-order valence-corrected chi connectivity index (χ1v) is 9.61. The van der Waals surface area contributed by atoms with E-state index in [1.54, 1.807) is 24.3 Å². The highest BCUT2D eigenvalue weighted by atomic mass is 35.5. The minimum absolute atomic E-state index is 0.134. The molecular formula is C18H14Cl2N2O4S. The number of carbonyl (C=O) groups excluding carboxylic acids is 3. The molecular weight excluding hydrogens is 411 g/mol. The molecule has 27 heavy (non-hydrogen) atoms. The van der Waals surface area contributed by atoms with E-state index in [4.69, 9.17) is 27.9 Å². The highest BCUT2D eigenvalue weighted by Gasteiger charge is 2.22. The number of fused-ring (bicyclic) bond motifs is 1. The van der Waals surface area contributed by atoms with Crippen LogP contribution in [0.2, 0.25) is 10.0 Å². The fourth-order valence-electron chi connectivity index (χ4n) is 2.32. The molecule has 0 saturated heterocycles.